The Morgan fingerprint density at radius 1 is 1.12 bits per heavy atom. The zero-order valence-electron chi connectivity index (χ0n) is 13.7. The second kappa shape index (κ2) is 7.04. The van der Waals surface area contributed by atoms with Crippen LogP contribution in [0.25, 0.3) is 0 Å². The molecule has 0 fully saturated rings. The number of aromatic nitrogens is 4. The summed E-state index contributed by atoms with van der Waals surface area (Å²) in [5.41, 5.74) is 4.02. The van der Waals surface area contributed by atoms with Crippen LogP contribution in [0.2, 0.25) is 0 Å². The minimum absolute atomic E-state index is 0.148. The molecule has 2 N–H and O–H groups in total. The highest BCUT2D eigenvalue weighted by Gasteiger charge is 2.25. The van der Waals surface area contributed by atoms with Crippen LogP contribution in [0.1, 0.15) is 28.4 Å². The standard InChI is InChI=1S/C18H19N5O/c1-12-8-13(2)10-15(9-12)19-18(24)16(17-20-22-23-21-17)11-14-6-4-3-5-7-14/h3-10,16H,11H2,1-2H3,(H,19,24)(H,20,21,22,23). The Morgan fingerprint density at radius 3 is 2.46 bits per heavy atom. The van der Waals surface area contributed by atoms with Crippen molar-refractivity contribution >= 4 is 11.6 Å². The number of benzene rings is 2. The third kappa shape index (κ3) is 3.84. The molecule has 0 aliphatic carbocycles. The van der Waals surface area contributed by atoms with Gasteiger partial charge >= 0.3 is 0 Å². The van der Waals surface area contributed by atoms with Crippen LogP contribution in [0.4, 0.5) is 5.69 Å². The average Bonchev–Trinajstić information content (AvgIpc) is 3.06. The Balaban J connectivity index is 1.83. The maximum absolute atomic E-state index is 12.8. The van der Waals surface area contributed by atoms with E-state index in [1.165, 1.54) is 0 Å². The van der Waals surface area contributed by atoms with E-state index in [1.54, 1.807) is 0 Å². The van der Waals surface area contributed by atoms with Crippen molar-refractivity contribution in [3.8, 4) is 0 Å². The highest BCUT2D eigenvalue weighted by molar-refractivity contribution is 5.95. The van der Waals surface area contributed by atoms with Crippen molar-refractivity contribution in [2.24, 2.45) is 0 Å². The van der Waals surface area contributed by atoms with Crippen LogP contribution in [0.15, 0.2) is 48.5 Å². The van der Waals surface area contributed by atoms with Gasteiger partial charge < -0.3 is 5.32 Å². The first-order chi connectivity index (χ1) is 11.6. The molecule has 6 heteroatoms. The van der Waals surface area contributed by atoms with Crippen molar-refractivity contribution in [3.63, 3.8) is 0 Å². The van der Waals surface area contributed by atoms with Crippen molar-refractivity contribution in [1.82, 2.24) is 20.6 Å². The van der Waals surface area contributed by atoms with Gasteiger partial charge in [-0.15, -0.1) is 10.2 Å². The van der Waals surface area contributed by atoms with E-state index in [0.717, 1.165) is 22.4 Å². The molecule has 2 aromatic carbocycles. The van der Waals surface area contributed by atoms with Crippen LogP contribution in [-0.4, -0.2) is 26.5 Å². The van der Waals surface area contributed by atoms with Gasteiger partial charge in [-0.3, -0.25) is 4.79 Å². The minimum atomic E-state index is -0.507. The molecule has 0 aliphatic heterocycles. The topological polar surface area (TPSA) is 83.6 Å². The number of hydrogen-bond donors (Lipinski definition) is 2. The SMILES string of the molecule is Cc1cc(C)cc(NC(=O)C(Cc2ccccc2)c2nn[nH]n2)c1. The lowest BCUT2D eigenvalue weighted by Crippen LogP contribution is -2.24. The maximum atomic E-state index is 12.8. The normalized spacial score (nSPS) is 11.9. The fraction of sp³-hybridized carbons (Fsp3) is 0.222. The van der Waals surface area contributed by atoms with Crippen molar-refractivity contribution in [1.29, 1.82) is 0 Å². The second-order valence-electron chi connectivity index (χ2n) is 5.88. The monoisotopic (exact) mass is 321 g/mol. The van der Waals surface area contributed by atoms with Gasteiger partial charge in [-0.2, -0.15) is 5.21 Å². The summed E-state index contributed by atoms with van der Waals surface area (Å²) in [7, 11) is 0. The predicted molar refractivity (Wildman–Crippen MR) is 91.6 cm³/mol. The first-order valence-electron chi connectivity index (χ1n) is 7.78. The largest absolute Gasteiger partial charge is 0.325 e. The number of rotatable bonds is 5. The second-order valence-corrected chi connectivity index (χ2v) is 5.88. The zero-order chi connectivity index (χ0) is 16.9. The summed E-state index contributed by atoms with van der Waals surface area (Å²) in [5, 5.41) is 17.0. The summed E-state index contributed by atoms with van der Waals surface area (Å²) < 4.78 is 0. The maximum Gasteiger partial charge on any atom is 0.235 e. The van der Waals surface area contributed by atoms with Crippen LogP contribution in [-0.2, 0) is 11.2 Å². The Morgan fingerprint density at radius 2 is 1.83 bits per heavy atom. The van der Waals surface area contributed by atoms with Crippen LogP contribution in [0.5, 0.6) is 0 Å². The molecule has 6 nitrogen and oxygen atoms in total. The molecule has 0 radical (unpaired) electrons. The van der Waals surface area contributed by atoms with Gasteiger partial charge in [-0.25, -0.2) is 0 Å². The molecule has 1 unspecified atom stereocenters. The Hall–Kier alpha value is -3.02. The Bertz CT molecular complexity index is 794. The van der Waals surface area contributed by atoms with Gasteiger partial charge in [0, 0.05) is 5.69 Å². The molecular formula is C18H19N5O. The molecule has 0 bridgehead atoms. The number of amides is 1. The van der Waals surface area contributed by atoms with Gasteiger partial charge in [-0.1, -0.05) is 41.6 Å². The molecule has 122 valence electrons. The van der Waals surface area contributed by atoms with Crippen molar-refractivity contribution < 1.29 is 4.79 Å². The average molecular weight is 321 g/mol. The van der Waals surface area contributed by atoms with E-state index in [1.807, 2.05) is 56.3 Å². The molecular weight excluding hydrogens is 302 g/mol. The highest BCUT2D eigenvalue weighted by atomic mass is 16.1. The number of H-pyrrole nitrogens is 1. The smallest absolute Gasteiger partial charge is 0.235 e. The summed E-state index contributed by atoms with van der Waals surface area (Å²) in [5.74, 6) is -0.266. The molecule has 0 spiro atoms. The first kappa shape index (κ1) is 15.9. The van der Waals surface area contributed by atoms with E-state index in [-0.39, 0.29) is 5.91 Å². The summed E-state index contributed by atoms with van der Waals surface area (Å²) in [6.07, 6.45) is 0.511. The Labute approximate surface area is 140 Å². The van der Waals surface area contributed by atoms with Gasteiger partial charge in [-0.05, 0) is 49.1 Å². The Kier molecular flexibility index (Phi) is 4.65. The molecule has 1 amide bonds. The molecule has 24 heavy (non-hydrogen) atoms. The molecule has 3 aromatic rings. The quantitative estimate of drug-likeness (QED) is 0.757. The number of carbonyl (C=O) groups is 1. The summed E-state index contributed by atoms with van der Waals surface area (Å²) in [4.78, 5) is 12.8. The summed E-state index contributed by atoms with van der Waals surface area (Å²) >= 11 is 0. The number of anilines is 1. The fourth-order valence-electron chi connectivity index (χ4n) is 2.74. The third-order valence-electron chi connectivity index (χ3n) is 3.76. The van der Waals surface area contributed by atoms with Gasteiger partial charge in [0.25, 0.3) is 0 Å². The zero-order valence-corrected chi connectivity index (χ0v) is 13.7. The molecule has 0 aliphatic rings. The van der Waals surface area contributed by atoms with E-state index in [0.29, 0.717) is 12.2 Å². The lowest BCUT2D eigenvalue weighted by Gasteiger charge is -2.14. The third-order valence-corrected chi connectivity index (χ3v) is 3.76. The summed E-state index contributed by atoms with van der Waals surface area (Å²) in [6.45, 7) is 4.01. The number of hydrogen-bond acceptors (Lipinski definition) is 4. The molecule has 1 heterocycles. The molecule has 0 saturated heterocycles. The fourth-order valence-corrected chi connectivity index (χ4v) is 2.74. The lowest BCUT2D eigenvalue weighted by molar-refractivity contribution is -0.117. The van der Waals surface area contributed by atoms with Crippen LogP contribution in [0.3, 0.4) is 0 Å². The molecule has 1 atom stereocenters. The number of carbonyl (C=O) groups excluding carboxylic acids is 1. The van der Waals surface area contributed by atoms with Crippen LogP contribution in [0, 0.1) is 13.8 Å². The number of aryl methyl sites for hydroxylation is 2. The van der Waals surface area contributed by atoms with E-state index in [9.17, 15) is 4.79 Å². The predicted octanol–water partition coefficient (Wildman–Crippen LogP) is 2.78. The number of nitrogens with zero attached hydrogens (tertiary/aromatic N) is 3. The molecule has 1 aromatic heterocycles. The van der Waals surface area contributed by atoms with Gasteiger partial charge in [0.1, 0.15) is 5.92 Å². The van der Waals surface area contributed by atoms with Crippen molar-refractivity contribution in [3.05, 3.63) is 71.0 Å². The molecule has 0 saturated carbocycles. The van der Waals surface area contributed by atoms with Crippen LogP contribution < -0.4 is 5.32 Å². The van der Waals surface area contributed by atoms with E-state index >= 15 is 0 Å². The lowest BCUT2D eigenvalue weighted by atomic mass is 9.97. The number of tetrazole rings is 1. The van der Waals surface area contributed by atoms with Gasteiger partial charge in [0.15, 0.2) is 5.82 Å². The number of nitrogens with one attached hydrogen (secondary N) is 2. The van der Waals surface area contributed by atoms with Crippen molar-refractivity contribution in [2.45, 2.75) is 26.2 Å². The van der Waals surface area contributed by atoms with Gasteiger partial charge in [0.05, 0.1) is 0 Å². The number of aromatic amines is 1. The van der Waals surface area contributed by atoms with Gasteiger partial charge in [0.2, 0.25) is 5.91 Å². The van der Waals surface area contributed by atoms with E-state index < -0.39 is 5.92 Å². The van der Waals surface area contributed by atoms with E-state index in [2.05, 4.69) is 32.0 Å². The van der Waals surface area contributed by atoms with E-state index in [4.69, 9.17) is 0 Å². The minimum Gasteiger partial charge on any atom is -0.325 e. The first-order valence-corrected chi connectivity index (χ1v) is 7.78. The molecule has 3 rings (SSSR count). The highest BCUT2D eigenvalue weighted by Crippen LogP contribution is 2.21. The van der Waals surface area contributed by atoms with Crippen LogP contribution >= 0.6 is 0 Å². The summed E-state index contributed by atoms with van der Waals surface area (Å²) in [6, 6.07) is 15.8. The van der Waals surface area contributed by atoms with Crippen molar-refractivity contribution in [2.75, 3.05) is 5.32 Å².